The third-order valence-electron chi connectivity index (χ3n) is 3.44. The molecular formula is C18H20N2O2. The number of carbonyl (C=O) groups is 2. The van der Waals surface area contributed by atoms with E-state index in [0.29, 0.717) is 11.3 Å². The molecule has 0 aromatic heterocycles. The Balaban J connectivity index is 2.14. The average molecular weight is 296 g/mol. The van der Waals surface area contributed by atoms with Crippen molar-refractivity contribution in [3.8, 4) is 0 Å². The number of hydrogen-bond acceptors (Lipinski definition) is 2. The van der Waals surface area contributed by atoms with E-state index in [1.54, 1.807) is 24.3 Å². The van der Waals surface area contributed by atoms with Crippen LogP contribution < -0.4 is 10.6 Å². The number of hydrogen-bond donors (Lipinski definition) is 2. The van der Waals surface area contributed by atoms with Crippen molar-refractivity contribution >= 4 is 23.2 Å². The van der Waals surface area contributed by atoms with E-state index in [9.17, 15) is 9.59 Å². The third kappa shape index (κ3) is 3.73. The first-order chi connectivity index (χ1) is 10.4. The lowest BCUT2D eigenvalue weighted by Gasteiger charge is -2.14. The number of aryl methyl sites for hydroxylation is 3. The van der Waals surface area contributed by atoms with Gasteiger partial charge in [-0.05, 0) is 51.0 Å². The predicted octanol–water partition coefficient (Wildman–Crippen LogP) is 4.46. The summed E-state index contributed by atoms with van der Waals surface area (Å²) >= 11 is 0. The maximum Gasteiger partial charge on any atom is 0.323 e. The molecule has 0 spiro atoms. The van der Waals surface area contributed by atoms with Crippen LogP contribution in [0, 0.1) is 20.8 Å². The highest BCUT2D eigenvalue weighted by atomic mass is 16.2. The minimum atomic E-state index is -0.323. The van der Waals surface area contributed by atoms with Gasteiger partial charge in [0.2, 0.25) is 0 Å². The highest BCUT2D eigenvalue weighted by molar-refractivity contribution is 6.02. The molecule has 114 valence electrons. The zero-order chi connectivity index (χ0) is 16.3. The first kappa shape index (κ1) is 15.8. The fraction of sp³-hybridized carbons (Fsp3) is 0.222. The Kier molecular flexibility index (Phi) is 4.61. The number of nitrogens with one attached hydrogen (secondary N) is 2. The summed E-state index contributed by atoms with van der Waals surface area (Å²) in [5, 5.41) is 5.62. The lowest BCUT2D eigenvalue weighted by atomic mass is 10.1. The van der Waals surface area contributed by atoms with E-state index in [1.807, 2.05) is 32.9 Å². The van der Waals surface area contributed by atoms with E-state index in [4.69, 9.17) is 0 Å². The van der Waals surface area contributed by atoms with E-state index in [1.165, 1.54) is 6.92 Å². The van der Waals surface area contributed by atoms with Crippen LogP contribution in [-0.2, 0) is 0 Å². The van der Waals surface area contributed by atoms with E-state index in [2.05, 4.69) is 10.6 Å². The number of Topliss-reactive ketones (excluding diaryl/α,β-unsaturated/α-hetero) is 1. The van der Waals surface area contributed by atoms with Crippen molar-refractivity contribution in [3.63, 3.8) is 0 Å². The fourth-order valence-corrected chi connectivity index (χ4v) is 2.47. The number of urea groups is 1. The Labute approximate surface area is 130 Å². The third-order valence-corrected chi connectivity index (χ3v) is 3.44. The molecule has 22 heavy (non-hydrogen) atoms. The van der Waals surface area contributed by atoms with Crippen LogP contribution in [0.3, 0.4) is 0 Å². The van der Waals surface area contributed by atoms with Crippen molar-refractivity contribution < 1.29 is 9.59 Å². The van der Waals surface area contributed by atoms with Gasteiger partial charge in [-0.25, -0.2) is 4.79 Å². The fourth-order valence-electron chi connectivity index (χ4n) is 2.47. The lowest BCUT2D eigenvalue weighted by Crippen LogP contribution is -2.20. The summed E-state index contributed by atoms with van der Waals surface area (Å²) in [5.74, 6) is -0.0331. The quantitative estimate of drug-likeness (QED) is 0.822. The van der Waals surface area contributed by atoms with Crippen LogP contribution >= 0.6 is 0 Å². The van der Waals surface area contributed by atoms with Crippen molar-refractivity contribution in [1.29, 1.82) is 0 Å². The molecule has 0 aliphatic carbocycles. The zero-order valence-electron chi connectivity index (χ0n) is 13.3. The Morgan fingerprint density at radius 3 is 2.14 bits per heavy atom. The standard InChI is InChI=1S/C18H20N2O2/c1-11-8-12(2)17(13(3)9-11)20-18(22)19-16-7-5-6-15(10-16)14(4)21/h5-10H,1-4H3,(H2,19,20,22). The number of anilines is 2. The molecule has 0 fully saturated rings. The minimum Gasteiger partial charge on any atom is -0.308 e. The van der Waals surface area contributed by atoms with Crippen molar-refractivity contribution in [3.05, 3.63) is 58.7 Å². The number of rotatable bonds is 3. The van der Waals surface area contributed by atoms with Crippen LogP contribution in [0.15, 0.2) is 36.4 Å². The maximum absolute atomic E-state index is 12.1. The van der Waals surface area contributed by atoms with Gasteiger partial charge in [0.25, 0.3) is 0 Å². The molecule has 0 bridgehead atoms. The smallest absolute Gasteiger partial charge is 0.308 e. The van der Waals surface area contributed by atoms with Crippen LogP contribution in [0.1, 0.15) is 34.0 Å². The topological polar surface area (TPSA) is 58.2 Å². The minimum absolute atomic E-state index is 0.0331. The van der Waals surface area contributed by atoms with Crippen LogP contribution in [0.5, 0.6) is 0 Å². The normalized spacial score (nSPS) is 10.2. The number of ketones is 1. The molecule has 0 atom stereocenters. The molecule has 2 aromatic rings. The molecule has 0 aliphatic rings. The SMILES string of the molecule is CC(=O)c1cccc(NC(=O)Nc2c(C)cc(C)cc2C)c1. The van der Waals surface area contributed by atoms with E-state index in [-0.39, 0.29) is 11.8 Å². The molecule has 2 N–H and O–H groups in total. The lowest BCUT2D eigenvalue weighted by molar-refractivity contribution is 0.101. The first-order valence-electron chi connectivity index (χ1n) is 7.13. The Hall–Kier alpha value is -2.62. The Morgan fingerprint density at radius 2 is 1.55 bits per heavy atom. The van der Waals surface area contributed by atoms with Gasteiger partial charge in [0.15, 0.2) is 5.78 Å². The second kappa shape index (κ2) is 6.43. The molecule has 2 amide bonds. The van der Waals surface area contributed by atoms with Crippen molar-refractivity contribution in [2.75, 3.05) is 10.6 Å². The largest absolute Gasteiger partial charge is 0.323 e. The molecule has 4 nitrogen and oxygen atoms in total. The van der Waals surface area contributed by atoms with Gasteiger partial charge in [0.1, 0.15) is 0 Å². The van der Waals surface area contributed by atoms with Crippen LogP contribution in [0.25, 0.3) is 0 Å². The highest BCUT2D eigenvalue weighted by Crippen LogP contribution is 2.22. The predicted molar refractivity (Wildman–Crippen MR) is 89.7 cm³/mol. The van der Waals surface area contributed by atoms with Gasteiger partial charge in [0.05, 0.1) is 0 Å². The van der Waals surface area contributed by atoms with Crippen LogP contribution in [0.2, 0.25) is 0 Å². The van der Waals surface area contributed by atoms with E-state index in [0.717, 1.165) is 22.4 Å². The molecule has 2 aromatic carbocycles. The van der Waals surface area contributed by atoms with Gasteiger partial charge in [-0.1, -0.05) is 29.8 Å². The van der Waals surface area contributed by atoms with E-state index < -0.39 is 0 Å². The second-order valence-electron chi connectivity index (χ2n) is 5.49. The van der Waals surface area contributed by atoms with Gasteiger partial charge < -0.3 is 10.6 Å². The zero-order valence-corrected chi connectivity index (χ0v) is 13.3. The summed E-state index contributed by atoms with van der Waals surface area (Å²) in [6.07, 6.45) is 0. The monoisotopic (exact) mass is 296 g/mol. The molecule has 0 heterocycles. The van der Waals surface area contributed by atoms with E-state index >= 15 is 0 Å². The van der Waals surface area contributed by atoms with Crippen LogP contribution in [-0.4, -0.2) is 11.8 Å². The molecule has 0 saturated heterocycles. The molecule has 2 rings (SSSR count). The summed E-state index contributed by atoms with van der Waals surface area (Å²) in [7, 11) is 0. The van der Waals surface area contributed by atoms with Crippen molar-refractivity contribution in [2.45, 2.75) is 27.7 Å². The Morgan fingerprint density at radius 1 is 0.909 bits per heavy atom. The molecule has 0 unspecified atom stereocenters. The Bertz CT molecular complexity index is 713. The van der Waals surface area contributed by atoms with Crippen LogP contribution in [0.4, 0.5) is 16.2 Å². The molecule has 0 radical (unpaired) electrons. The van der Waals surface area contributed by atoms with Gasteiger partial charge in [-0.2, -0.15) is 0 Å². The number of benzene rings is 2. The highest BCUT2D eigenvalue weighted by Gasteiger charge is 2.09. The summed E-state index contributed by atoms with van der Waals surface area (Å²) in [5.41, 5.74) is 5.17. The molecule has 4 heteroatoms. The summed E-state index contributed by atoms with van der Waals surface area (Å²) in [6, 6.07) is 10.6. The summed E-state index contributed by atoms with van der Waals surface area (Å²) < 4.78 is 0. The average Bonchev–Trinajstić information content (AvgIpc) is 2.43. The second-order valence-corrected chi connectivity index (χ2v) is 5.49. The van der Waals surface area contributed by atoms with Gasteiger partial charge in [-0.3, -0.25) is 4.79 Å². The molecular weight excluding hydrogens is 276 g/mol. The summed E-state index contributed by atoms with van der Waals surface area (Å²) in [4.78, 5) is 23.5. The number of carbonyl (C=O) groups excluding carboxylic acids is 2. The first-order valence-corrected chi connectivity index (χ1v) is 7.13. The van der Waals surface area contributed by atoms with Crippen molar-refractivity contribution in [2.24, 2.45) is 0 Å². The summed E-state index contributed by atoms with van der Waals surface area (Å²) in [6.45, 7) is 7.45. The molecule has 0 saturated carbocycles. The van der Waals surface area contributed by atoms with Gasteiger partial charge >= 0.3 is 6.03 Å². The number of amides is 2. The van der Waals surface area contributed by atoms with Gasteiger partial charge in [0, 0.05) is 16.9 Å². The molecule has 0 aliphatic heterocycles. The maximum atomic E-state index is 12.1. The van der Waals surface area contributed by atoms with Crippen molar-refractivity contribution in [1.82, 2.24) is 0 Å². The van der Waals surface area contributed by atoms with Gasteiger partial charge in [-0.15, -0.1) is 0 Å².